The molecule has 2 aromatic rings. The Balaban J connectivity index is 1.45. The number of carbonyl (C=O) groups is 1. The van der Waals surface area contributed by atoms with Gasteiger partial charge in [0.1, 0.15) is 0 Å². The lowest BCUT2D eigenvalue weighted by molar-refractivity contribution is 0.0712. The van der Waals surface area contributed by atoms with Crippen molar-refractivity contribution in [1.82, 2.24) is 9.21 Å². The summed E-state index contributed by atoms with van der Waals surface area (Å²) in [4.78, 5) is 15.2. The molecule has 0 N–H and O–H groups in total. The van der Waals surface area contributed by atoms with E-state index < -0.39 is 10.0 Å². The monoisotopic (exact) mass is 426 g/mol. The van der Waals surface area contributed by atoms with Crippen LogP contribution < -0.4 is 0 Å². The lowest BCUT2D eigenvalue weighted by Gasteiger charge is -2.32. The summed E-state index contributed by atoms with van der Waals surface area (Å²) < 4.78 is 27.8. The minimum Gasteiger partial charge on any atom is -0.339 e. The molecule has 5 nitrogen and oxygen atoms in total. The Morgan fingerprint density at radius 2 is 1.47 bits per heavy atom. The number of piperidine rings is 1. The molecule has 0 saturated carbocycles. The molecule has 160 valence electrons. The highest BCUT2D eigenvalue weighted by molar-refractivity contribution is 7.89. The van der Waals surface area contributed by atoms with Gasteiger partial charge < -0.3 is 4.90 Å². The molecule has 2 aliphatic rings. The molecular weight excluding hydrogens is 396 g/mol. The maximum absolute atomic E-state index is 13.1. The molecule has 2 aliphatic heterocycles. The van der Waals surface area contributed by atoms with Crippen molar-refractivity contribution in [3.63, 3.8) is 0 Å². The largest absolute Gasteiger partial charge is 0.339 e. The summed E-state index contributed by atoms with van der Waals surface area (Å²) >= 11 is 0. The van der Waals surface area contributed by atoms with Gasteiger partial charge in [0.05, 0.1) is 4.90 Å². The topological polar surface area (TPSA) is 57.7 Å². The number of sulfonamides is 1. The highest BCUT2D eigenvalue weighted by atomic mass is 32.2. The third-order valence-corrected chi connectivity index (χ3v) is 8.23. The van der Waals surface area contributed by atoms with Crippen molar-refractivity contribution in [2.24, 2.45) is 0 Å². The predicted octanol–water partition coefficient (Wildman–Crippen LogP) is 4.27. The molecule has 2 saturated heterocycles. The second kappa shape index (κ2) is 9.31. The van der Waals surface area contributed by atoms with E-state index in [0.29, 0.717) is 37.7 Å². The van der Waals surface area contributed by atoms with E-state index in [1.54, 1.807) is 28.6 Å². The van der Waals surface area contributed by atoms with Crippen LogP contribution in [0.15, 0.2) is 59.5 Å². The SMILES string of the molecule is O=C(c1cccc(S(=O)(=O)N2CCCCCC2)c1)N1CCC(c2ccccc2)CC1. The van der Waals surface area contributed by atoms with E-state index in [-0.39, 0.29) is 10.8 Å². The standard InChI is InChI=1S/C24H30N2O3S/c27-24(25-17-13-21(14-18-25)20-9-4-3-5-10-20)22-11-8-12-23(19-22)30(28,29)26-15-6-1-2-7-16-26/h3-5,8-12,19,21H,1-2,6-7,13-18H2. The second-order valence-electron chi connectivity index (χ2n) is 8.32. The fourth-order valence-electron chi connectivity index (χ4n) is 4.54. The van der Waals surface area contributed by atoms with E-state index in [0.717, 1.165) is 38.5 Å². The van der Waals surface area contributed by atoms with E-state index >= 15 is 0 Å². The molecule has 4 rings (SSSR count). The Morgan fingerprint density at radius 3 is 2.13 bits per heavy atom. The quantitative estimate of drug-likeness (QED) is 0.734. The molecular formula is C24H30N2O3S. The normalized spacial score (nSPS) is 19.4. The number of likely N-dealkylation sites (tertiary alicyclic amines) is 1. The van der Waals surface area contributed by atoms with Gasteiger partial charge in [0.2, 0.25) is 10.0 Å². The summed E-state index contributed by atoms with van der Waals surface area (Å²) in [5, 5.41) is 0. The second-order valence-corrected chi connectivity index (χ2v) is 10.3. The number of benzene rings is 2. The third kappa shape index (κ3) is 4.60. The number of nitrogens with zero attached hydrogens (tertiary/aromatic N) is 2. The van der Waals surface area contributed by atoms with Gasteiger partial charge in [-0.1, -0.05) is 49.2 Å². The molecule has 0 bridgehead atoms. The van der Waals surface area contributed by atoms with Crippen LogP contribution in [-0.2, 0) is 10.0 Å². The lowest BCUT2D eigenvalue weighted by atomic mass is 9.89. The first-order valence-electron chi connectivity index (χ1n) is 11.0. The molecule has 2 aromatic carbocycles. The van der Waals surface area contributed by atoms with Crippen LogP contribution in [0, 0.1) is 0 Å². The minimum absolute atomic E-state index is 0.0746. The molecule has 0 aromatic heterocycles. The fourth-order valence-corrected chi connectivity index (χ4v) is 6.11. The van der Waals surface area contributed by atoms with E-state index in [1.165, 1.54) is 5.56 Å². The van der Waals surface area contributed by atoms with E-state index in [9.17, 15) is 13.2 Å². The van der Waals surface area contributed by atoms with Gasteiger partial charge in [-0.15, -0.1) is 0 Å². The number of amides is 1. The van der Waals surface area contributed by atoms with Gasteiger partial charge in [-0.3, -0.25) is 4.79 Å². The van der Waals surface area contributed by atoms with E-state index in [4.69, 9.17) is 0 Å². The van der Waals surface area contributed by atoms with Crippen molar-refractivity contribution < 1.29 is 13.2 Å². The summed E-state index contributed by atoms with van der Waals surface area (Å²) in [6.45, 7) is 2.52. The zero-order valence-corrected chi connectivity index (χ0v) is 18.2. The fraction of sp³-hybridized carbons (Fsp3) is 0.458. The predicted molar refractivity (Wildman–Crippen MR) is 118 cm³/mol. The molecule has 0 unspecified atom stereocenters. The number of hydrogen-bond acceptors (Lipinski definition) is 3. The van der Waals surface area contributed by atoms with Gasteiger partial charge in [0, 0.05) is 31.7 Å². The summed E-state index contributed by atoms with van der Waals surface area (Å²) in [5.41, 5.74) is 1.79. The number of carbonyl (C=O) groups excluding carboxylic acids is 1. The van der Waals surface area contributed by atoms with Gasteiger partial charge in [0.15, 0.2) is 0 Å². The van der Waals surface area contributed by atoms with Crippen LogP contribution in [0.4, 0.5) is 0 Å². The first kappa shape index (κ1) is 21.1. The summed E-state index contributed by atoms with van der Waals surface area (Å²) in [6.07, 6.45) is 5.80. The van der Waals surface area contributed by atoms with Gasteiger partial charge in [0.25, 0.3) is 5.91 Å². The van der Waals surface area contributed by atoms with E-state index in [1.807, 2.05) is 11.0 Å². The van der Waals surface area contributed by atoms with Crippen molar-refractivity contribution in [1.29, 1.82) is 0 Å². The first-order valence-corrected chi connectivity index (χ1v) is 12.4. The number of hydrogen-bond donors (Lipinski definition) is 0. The summed E-state index contributed by atoms with van der Waals surface area (Å²) in [7, 11) is -3.55. The minimum atomic E-state index is -3.55. The molecule has 0 aliphatic carbocycles. The van der Waals surface area contributed by atoms with Crippen LogP contribution in [-0.4, -0.2) is 49.7 Å². The van der Waals surface area contributed by atoms with Crippen molar-refractivity contribution in [3.05, 3.63) is 65.7 Å². The van der Waals surface area contributed by atoms with Gasteiger partial charge in [-0.2, -0.15) is 4.31 Å². The highest BCUT2D eigenvalue weighted by Gasteiger charge is 2.28. The Labute approximate surface area is 179 Å². The molecule has 0 spiro atoms. The van der Waals surface area contributed by atoms with Crippen LogP contribution in [0.5, 0.6) is 0 Å². The van der Waals surface area contributed by atoms with Gasteiger partial charge in [-0.05, 0) is 55.4 Å². The average molecular weight is 427 g/mol. The van der Waals surface area contributed by atoms with Gasteiger partial charge in [-0.25, -0.2) is 8.42 Å². The number of rotatable bonds is 4. The maximum Gasteiger partial charge on any atom is 0.253 e. The molecule has 0 atom stereocenters. The first-order chi connectivity index (χ1) is 14.6. The average Bonchev–Trinajstić information content (AvgIpc) is 3.10. The Hall–Kier alpha value is -2.18. The molecule has 0 radical (unpaired) electrons. The molecule has 2 heterocycles. The smallest absolute Gasteiger partial charge is 0.253 e. The van der Waals surface area contributed by atoms with Crippen LogP contribution in [0.25, 0.3) is 0 Å². The highest BCUT2D eigenvalue weighted by Crippen LogP contribution is 2.29. The zero-order chi connectivity index (χ0) is 21.0. The molecule has 1 amide bonds. The van der Waals surface area contributed by atoms with Crippen LogP contribution in [0.3, 0.4) is 0 Å². The lowest BCUT2D eigenvalue weighted by Crippen LogP contribution is -2.38. The van der Waals surface area contributed by atoms with Gasteiger partial charge >= 0.3 is 0 Å². The zero-order valence-electron chi connectivity index (χ0n) is 17.4. The van der Waals surface area contributed by atoms with Crippen molar-refractivity contribution in [2.45, 2.75) is 49.3 Å². The van der Waals surface area contributed by atoms with Crippen molar-refractivity contribution >= 4 is 15.9 Å². The third-order valence-electron chi connectivity index (χ3n) is 6.34. The summed E-state index contributed by atoms with van der Waals surface area (Å²) in [5.74, 6) is 0.402. The van der Waals surface area contributed by atoms with E-state index in [2.05, 4.69) is 24.3 Å². The Morgan fingerprint density at radius 1 is 0.800 bits per heavy atom. The van der Waals surface area contributed by atoms with Crippen LogP contribution >= 0.6 is 0 Å². The molecule has 6 heteroatoms. The van der Waals surface area contributed by atoms with Crippen molar-refractivity contribution in [3.8, 4) is 0 Å². The van der Waals surface area contributed by atoms with Crippen molar-refractivity contribution in [2.75, 3.05) is 26.2 Å². The van der Waals surface area contributed by atoms with Crippen LogP contribution in [0.1, 0.15) is 60.4 Å². The Kier molecular flexibility index (Phi) is 6.54. The molecule has 30 heavy (non-hydrogen) atoms. The summed E-state index contributed by atoms with van der Waals surface area (Å²) in [6, 6.07) is 17.0. The molecule has 2 fully saturated rings. The maximum atomic E-state index is 13.1. The van der Waals surface area contributed by atoms with Crippen LogP contribution in [0.2, 0.25) is 0 Å². The Bertz CT molecular complexity index is 959.